The normalized spacial score (nSPS) is 12.7. The van der Waals surface area contributed by atoms with Gasteiger partial charge >= 0.3 is 0 Å². The number of nitrogens with one attached hydrogen (secondary N) is 1. The molecule has 1 unspecified atom stereocenters. The minimum atomic E-state index is -0.490. The molecule has 0 bridgehead atoms. The van der Waals surface area contributed by atoms with Gasteiger partial charge in [-0.1, -0.05) is 0 Å². The van der Waals surface area contributed by atoms with Gasteiger partial charge in [0, 0.05) is 7.05 Å². The average molecular weight is 270 g/mol. The monoisotopic (exact) mass is 269 g/mol. The largest absolute Gasteiger partial charge is 0.357 e. The first-order valence-corrected chi connectivity index (χ1v) is 6.06. The molecular formula is C12H13ClFN3O. The standard InChI is InChI=1S/C12H13ClFN3O/c1-7(12(18)15-2)17-10-5-8(14)3-4-9(10)16-11(17)6-13/h3-5,7H,6H2,1-2H3,(H,15,18). The number of alkyl halides is 1. The third-order valence-corrected chi connectivity index (χ3v) is 3.10. The summed E-state index contributed by atoms with van der Waals surface area (Å²) in [6.07, 6.45) is 0. The zero-order chi connectivity index (χ0) is 13.3. The first-order valence-electron chi connectivity index (χ1n) is 5.52. The molecule has 6 heteroatoms. The van der Waals surface area contributed by atoms with E-state index in [-0.39, 0.29) is 17.6 Å². The summed E-state index contributed by atoms with van der Waals surface area (Å²) in [6, 6.07) is 3.78. The van der Waals surface area contributed by atoms with E-state index in [9.17, 15) is 9.18 Å². The Morgan fingerprint density at radius 1 is 1.61 bits per heavy atom. The number of rotatable bonds is 3. The quantitative estimate of drug-likeness (QED) is 0.869. The van der Waals surface area contributed by atoms with E-state index in [2.05, 4.69) is 10.3 Å². The van der Waals surface area contributed by atoms with Crippen LogP contribution >= 0.6 is 11.6 Å². The summed E-state index contributed by atoms with van der Waals surface area (Å²) in [4.78, 5) is 16.0. The second-order valence-corrected chi connectivity index (χ2v) is 4.22. The molecule has 0 aliphatic rings. The Kier molecular flexibility index (Phi) is 3.52. The number of halogens is 2. The Morgan fingerprint density at radius 2 is 2.33 bits per heavy atom. The number of aromatic nitrogens is 2. The summed E-state index contributed by atoms with van der Waals surface area (Å²) in [5.74, 6) is 0.171. The molecular weight excluding hydrogens is 257 g/mol. The molecule has 0 saturated carbocycles. The van der Waals surface area contributed by atoms with Crippen LogP contribution in [0.25, 0.3) is 11.0 Å². The van der Waals surface area contributed by atoms with Crippen molar-refractivity contribution in [3.05, 3.63) is 29.8 Å². The van der Waals surface area contributed by atoms with Crippen molar-refractivity contribution in [1.82, 2.24) is 14.9 Å². The minimum absolute atomic E-state index is 0.164. The molecule has 1 heterocycles. The van der Waals surface area contributed by atoms with Crippen molar-refractivity contribution in [3.8, 4) is 0 Å². The third-order valence-electron chi connectivity index (χ3n) is 2.86. The number of hydrogen-bond donors (Lipinski definition) is 1. The maximum Gasteiger partial charge on any atom is 0.242 e. The number of hydrogen-bond acceptors (Lipinski definition) is 2. The molecule has 1 amide bonds. The molecule has 2 aromatic rings. The predicted molar refractivity (Wildman–Crippen MR) is 68.0 cm³/mol. The first kappa shape index (κ1) is 12.8. The Bertz CT molecular complexity index is 596. The smallest absolute Gasteiger partial charge is 0.242 e. The van der Waals surface area contributed by atoms with Gasteiger partial charge in [0.2, 0.25) is 5.91 Å². The maximum atomic E-state index is 13.3. The number of amides is 1. The van der Waals surface area contributed by atoms with Crippen LogP contribution in [0.15, 0.2) is 18.2 Å². The van der Waals surface area contributed by atoms with Gasteiger partial charge in [-0.25, -0.2) is 9.37 Å². The van der Waals surface area contributed by atoms with Crippen molar-refractivity contribution in [3.63, 3.8) is 0 Å². The number of carbonyl (C=O) groups is 1. The van der Waals surface area contributed by atoms with Crippen LogP contribution in [0.4, 0.5) is 4.39 Å². The van der Waals surface area contributed by atoms with E-state index in [1.807, 2.05) is 0 Å². The van der Waals surface area contributed by atoms with Crippen LogP contribution in [-0.2, 0) is 10.7 Å². The SMILES string of the molecule is CNC(=O)C(C)n1c(CCl)nc2ccc(F)cc21. The molecule has 0 spiro atoms. The van der Waals surface area contributed by atoms with Crippen LogP contribution in [-0.4, -0.2) is 22.5 Å². The average Bonchev–Trinajstić information content (AvgIpc) is 2.74. The predicted octanol–water partition coefficient (Wildman–Crippen LogP) is 2.22. The summed E-state index contributed by atoms with van der Waals surface area (Å²) in [7, 11) is 1.55. The Labute approximate surface area is 109 Å². The highest BCUT2D eigenvalue weighted by atomic mass is 35.5. The van der Waals surface area contributed by atoms with Gasteiger partial charge in [0.05, 0.1) is 16.9 Å². The maximum absolute atomic E-state index is 13.3. The van der Waals surface area contributed by atoms with E-state index >= 15 is 0 Å². The second-order valence-electron chi connectivity index (χ2n) is 3.95. The van der Waals surface area contributed by atoms with E-state index < -0.39 is 6.04 Å². The van der Waals surface area contributed by atoms with Crippen LogP contribution in [0.2, 0.25) is 0 Å². The van der Waals surface area contributed by atoms with E-state index in [1.165, 1.54) is 12.1 Å². The summed E-state index contributed by atoms with van der Waals surface area (Å²) in [5, 5.41) is 2.56. The molecule has 2 rings (SSSR count). The van der Waals surface area contributed by atoms with Gasteiger partial charge < -0.3 is 9.88 Å². The van der Waals surface area contributed by atoms with E-state index in [0.29, 0.717) is 16.9 Å². The van der Waals surface area contributed by atoms with Gasteiger partial charge in [0.1, 0.15) is 17.7 Å². The number of benzene rings is 1. The Morgan fingerprint density at radius 3 is 2.94 bits per heavy atom. The zero-order valence-corrected chi connectivity index (χ0v) is 10.8. The van der Waals surface area contributed by atoms with E-state index in [4.69, 9.17) is 11.6 Å². The summed E-state index contributed by atoms with van der Waals surface area (Å²) < 4.78 is 15.0. The molecule has 1 N–H and O–H groups in total. The highest BCUT2D eigenvalue weighted by molar-refractivity contribution is 6.16. The van der Waals surface area contributed by atoms with Crippen molar-refractivity contribution in [1.29, 1.82) is 0 Å². The molecule has 18 heavy (non-hydrogen) atoms. The number of nitrogens with zero attached hydrogens (tertiary/aromatic N) is 2. The van der Waals surface area contributed by atoms with Gasteiger partial charge in [-0.2, -0.15) is 0 Å². The van der Waals surface area contributed by atoms with Crippen molar-refractivity contribution < 1.29 is 9.18 Å². The highest BCUT2D eigenvalue weighted by Crippen LogP contribution is 2.23. The fourth-order valence-corrected chi connectivity index (χ4v) is 2.16. The molecule has 0 fully saturated rings. The molecule has 0 radical (unpaired) electrons. The lowest BCUT2D eigenvalue weighted by Gasteiger charge is -2.15. The lowest BCUT2D eigenvalue weighted by molar-refractivity contribution is -0.123. The van der Waals surface area contributed by atoms with Crippen LogP contribution in [0, 0.1) is 5.82 Å². The minimum Gasteiger partial charge on any atom is -0.357 e. The van der Waals surface area contributed by atoms with Gasteiger partial charge in [-0.15, -0.1) is 11.6 Å². The van der Waals surface area contributed by atoms with Crippen LogP contribution in [0.5, 0.6) is 0 Å². The van der Waals surface area contributed by atoms with Crippen LogP contribution < -0.4 is 5.32 Å². The van der Waals surface area contributed by atoms with E-state index in [0.717, 1.165) is 0 Å². The molecule has 1 atom stereocenters. The molecule has 96 valence electrons. The number of fused-ring (bicyclic) bond motifs is 1. The topological polar surface area (TPSA) is 46.9 Å². The van der Waals surface area contributed by atoms with Gasteiger partial charge in [-0.3, -0.25) is 4.79 Å². The highest BCUT2D eigenvalue weighted by Gasteiger charge is 2.20. The van der Waals surface area contributed by atoms with Gasteiger partial charge in [-0.05, 0) is 25.1 Å². The van der Waals surface area contributed by atoms with Crippen molar-refractivity contribution in [2.24, 2.45) is 0 Å². The van der Waals surface area contributed by atoms with Crippen molar-refractivity contribution in [2.75, 3.05) is 7.05 Å². The third kappa shape index (κ3) is 2.06. The molecule has 0 aliphatic carbocycles. The number of imidazole rings is 1. The number of likely N-dealkylation sites (N-methyl/N-ethyl adjacent to an activating group) is 1. The fourth-order valence-electron chi connectivity index (χ4n) is 1.97. The molecule has 4 nitrogen and oxygen atoms in total. The summed E-state index contributed by atoms with van der Waals surface area (Å²) >= 11 is 5.83. The van der Waals surface area contributed by atoms with Crippen molar-refractivity contribution in [2.45, 2.75) is 18.8 Å². The lowest BCUT2D eigenvalue weighted by atomic mass is 10.2. The number of carbonyl (C=O) groups excluding carboxylic acids is 1. The molecule has 1 aromatic heterocycles. The Balaban J connectivity index is 2.65. The summed E-state index contributed by atoms with van der Waals surface area (Å²) in [6.45, 7) is 1.72. The van der Waals surface area contributed by atoms with Crippen LogP contribution in [0.3, 0.4) is 0 Å². The second kappa shape index (κ2) is 4.94. The first-order chi connectivity index (χ1) is 8.58. The lowest BCUT2D eigenvalue weighted by Crippen LogP contribution is -2.28. The van der Waals surface area contributed by atoms with Crippen molar-refractivity contribution >= 4 is 28.5 Å². The summed E-state index contributed by atoms with van der Waals surface area (Å²) in [5.41, 5.74) is 1.20. The fraction of sp³-hybridized carbons (Fsp3) is 0.333. The Hall–Kier alpha value is -1.62. The molecule has 0 saturated heterocycles. The van der Waals surface area contributed by atoms with Gasteiger partial charge in [0.15, 0.2) is 0 Å². The zero-order valence-electron chi connectivity index (χ0n) is 10.1. The molecule has 0 aliphatic heterocycles. The van der Waals surface area contributed by atoms with Gasteiger partial charge in [0.25, 0.3) is 0 Å². The van der Waals surface area contributed by atoms with E-state index in [1.54, 1.807) is 24.6 Å². The van der Waals surface area contributed by atoms with Crippen LogP contribution in [0.1, 0.15) is 18.8 Å². The molecule has 1 aromatic carbocycles.